The first kappa shape index (κ1) is 19.7. The quantitative estimate of drug-likeness (QED) is 0.633. The number of carbonyl (C=O) groups is 1. The number of nitrogens with zero attached hydrogens (tertiary/aromatic N) is 4. The minimum atomic E-state index is -0.494. The maximum Gasteiger partial charge on any atom is 0.254 e. The fourth-order valence-electron chi connectivity index (χ4n) is 4.28. The lowest BCUT2D eigenvalue weighted by molar-refractivity contribution is -0.181. The minimum absolute atomic E-state index is 0.0214. The normalized spacial score (nSPS) is 18.7. The first-order valence-corrected chi connectivity index (χ1v) is 11.3. The van der Waals surface area contributed by atoms with Gasteiger partial charge in [0.15, 0.2) is 11.4 Å². The van der Waals surface area contributed by atoms with E-state index in [0.717, 1.165) is 21.6 Å². The Kier molecular flexibility index (Phi) is 4.88. The van der Waals surface area contributed by atoms with E-state index in [0.29, 0.717) is 44.7 Å². The van der Waals surface area contributed by atoms with Gasteiger partial charge in [-0.25, -0.2) is 9.67 Å². The lowest BCUT2D eigenvalue weighted by atomic mass is 10.0. The van der Waals surface area contributed by atoms with Crippen molar-refractivity contribution in [2.75, 3.05) is 26.3 Å². The summed E-state index contributed by atoms with van der Waals surface area (Å²) in [5.41, 5.74) is 2.24. The van der Waals surface area contributed by atoms with Crippen LogP contribution in [0.15, 0.2) is 24.4 Å². The fourth-order valence-corrected chi connectivity index (χ4v) is 5.11. The molecule has 0 atom stereocenters. The van der Waals surface area contributed by atoms with Crippen molar-refractivity contribution in [1.29, 1.82) is 0 Å². The monoisotopic (exact) mass is 426 g/mol. The molecule has 2 fully saturated rings. The van der Waals surface area contributed by atoms with Crippen LogP contribution in [0.1, 0.15) is 48.0 Å². The molecule has 3 aromatic heterocycles. The number of thiophene rings is 1. The Hall–Kier alpha value is -2.29. The van der Waals surface area contributed by atoms with E-state index in [1.165, 1.54) is 4.88 Å². The van der Waals surface area contributed by atoms with Gasteiger partial charge in [-0.3, -0.25) is 4.79 Å². The third-order valence-electron chi connectivity index (χ3n) is 5.91. The second-order valence-corrected chi connectivity index (χ2v) is 9.57. The predicted molar refractivity (Wildman–Crippen MR) is 116 cm³/mol. The zero-order valence-electron chi connectivity index (χ0n) is 17.6. The van der Waals surface area contributed by atoms with Gasteiger partial charge in [0.25, 0.3) is 5.91 Å². The molecular formula is C22H26N4O3S. The van der Waals surface area contributed by atoms with Gasteiger partial charge in [0, 0.05) is 36.9 Å². The number of amides is 1. The summed E-state index contributed by atoms with van der Waals surface area (Å²) in [5, 5.41) is 5.33. The number of hydrogen-bond acceptors (Lipinski definition) is 6. The molecule has 0 radical (unpaired) electrons. The Labute approximate surface area is 179 Å². The van der Waals surface area contributed by atoms with Gasteiger partial charge in [-0.15, -0.1) is 11.3 Å². The van der Waals surface area contributed by atoms with Crippen molar-refractivity contribution >= 4 is 28.3 Å². The van der Waals surface area contributed by atoms with Crippen molar-refractivity contribution in [3.8, 4) is 10.6 Å². The van der Waals surface area contributed by atoms with Crippen molar-refractivity contribution in [3.63, 3.8) is 0 Å². The molecule has 0 aromatic carbocycles. The average Bonchev–Trinajstić information content (AvgIpc) is 3.47. The van der Waals surface area contributed by atoms with E-state index in [2.05, 4.69) is 38.0 Å². The van der Waals surface area contributed by atoms with Gasteiger partial charge in [-0.1, -0.05) is 0 Å². The van der Waals surface area contributed by atoms with Crippen LogP contribution in [0.5, 0.6) is 0 Å². The molecule has 1 amide bonds. The number of ether oxygens (including phenoxy) is 2. The molecule has 0 aliphatic carbocycles. The summed E-state index contributed by atoms with van der Waals surface area (Å²) < 4.78 is 13.5. The first-order valence-electron chi connectivity index (χ1n) is 10.5. The SMILES string of the molecule is Cc1ccc(-c2cc(C(=O)N3CCC4(CC3)OCCO4)c3cnn(C(C)C)c3n2)s1. The highest BCUT2D eigenvalue weighted by atomic mass is 32.1. The molecular weight excluding hydrogens is 400 g/mol. The van der Waals surface area contributed by atoms with Crippen molar-refractivity contribution in [2.45, 2.75) is 45.4 Å². The highest BCUT2D eigenvalue weighted by Crippen LogP contribution is 2.34. The summed E-state index contributed by atoms with van der Waals surface area (Å²) in [6.45, 7) is 8.73. The van der Waals surface area contributed by atoms with Crippen molar-refractivity contribution in [1.82, 2.24) is 19.7 Å². The standard InChI is InChI=1S/C22H26N4O3S/c1-14(2)26-20-17(13-23-26)16(12-18(24-20)19-5-4-15(3)30-19)21(27)25-8-6-22(7-9-25)28-10-11-29-22/h4-5,12-14H,6-11H2,1-3H3. The third-order valence-corrected chi connectivity index (χ3v) is 6.93. The van der Waals surface area contributed by atoms with Crippen molar-refractivity contribution in [2.24, 2.45) is 0 Å². The molecule has 2 aliphatic rings. The highest BCUT2D eigenvalue weighted by molar-refractivity contribution is 7.15. The van der Waals surface area contributed by atoms with Crippen LogP contribution in [0.4, 0.5) is 0 Å². The van der Waals surface area contributed by atoms with Crippen LogP contribution in [0, 0.1) is 6.92 Å². The maximum absolute atomic E-state index is 13.6. The van der Waals surface area contributed by atoms with E-state index in [1.807, 2.05) is 15.6 Å². The third kappa shape index (κ3) is 3.33. The van der Waals surface area contributed by atoms with Gasteiger partial charge < -0.3 is 14.4 Å². The molecule has 8 heteroatoms. The van der Waals surface area contributed by atoms with E-state index in [-0.39, 0.29) is 11.9 Å². The van der Waals surface area contributed by atoms with Gasteiger partial charge in [-0.2, -0.15) is 5.10 Å². The second kappa shape index (κ2) is 7.44. The van der Waals surface area contributed by atoms with Crippen LogP contribution in [0.25, 0.3) is 21.6 Å². The number of aromatic nitrogens is 3. The zero-order chi connectivity index (χ0) is 20.9. The second-order valence-electron chi connectivity index (χ2n) is 8.29. The Bertz CT molecular complexity index is 1090. The van der Waals surface area contributed by atoms with Crippen LogP contribution >= 0.6 is 11.3 Å². The highest BCUT2D eigenvalue weighted by Gasteiger charge is 2.41. The van der Waals surface area contributed by atoms with E-state index in [4.69, 9.17) is 14.5 Å². The Morgan fingerprint density at radius 3 is 2.57 bits per heavy atom. The minimum Gasteiger partial charge on any atom is -0.347 e. The smallest absolute Gasteiger partial charge is 0.254 e. The summed E-state index contributed by atoms with van der Waals surface area (Å²) in [6.07, 6.45) is 3.18. The summed E-state index contributed by atoms with van der Waals surface area (Å²) in [4.78, 5) is 22.6. The van der Waals surface area contributed by atoms with Gasteiger partial charge in [0.1, 0.15) is 0 Å². The molecule has 0 saturated carbocycles. The van der Waals surface area contributed by atoms with E-state index < -0.39 is 5.79 Å². The maximum atomic E-state index is 13.6. The molecule has 158 valence electrons. The number of carbonyl (C=O) groups excluding carboxylic acids is 1. The summed E-state index contributed by atoms with van der Waals surface area (Å²) in [6, 6.07) is 6.23. The molecule has 0 bridgehead atoms. The van der Waals surface area contributed by atoms with Crippen LogP contribution in [0.3, 0.4) is 0 Å². The van der Waals surface area contributed by atoms with E-state index >= 15 is 0 Å². The van der Waals surface area contributed by atoms with Gasteiger partial charge in [0.2, 0.25) is 0 Å². The van der Waals surface area contributed by atoms with Gasteiger partial charge >= 0.3 is 0 Å². The topological polar surface area (TPSA) is 69.5 Å². The lowest BCUT2D eigenvalue weighted by Crippen LogP contribution is -2.47. The molecule has 2 aliphatic heterocycles. The van der Waals surface area contributed by atoms with Crippen LogP contribution in [-0.2, 0) is 9.47 Å². The number of aryl methyl sites for hydroxylation is 1. The van der Waals surface area contributed by atoms with Crippen LogP contribution in [-0.4, -0.2) is 57.7 Å². The summed E-state index contributed by atoms with van der Waals surface area (Å²) in [5.74, 6) is -0.472. The van der Waals surface area contributed by atoms with E-state index in [9.17, 15) is 4.79 Å². The predicted octanol–water partition coefficient (Wildman–Crippen LogP) is 4.03. The number of hydrogen-bond donors (Lipinski definition) is 0. The molecule has 0 unspecified atom stereocenters. The largest absolute Gasteiger partial charge is 0.347 e. The molecule has 0 N–H and O–H groups in total. The molecule has 5 heterocycles. The molecule has 1 spiro atoms. The Morgan fingerprint density at radius 2 is 1.93 bits per heavy atom. The summed E-state index contributed by atoms with van der Waals surface area (Å²) >= 11 is 1.68. The van der Waals surface area contributed by atoms with Crippen molar-refractivity contribution < 1.29 is 14.3 Å². The number of fused-ring (bicyclic) bond motifs is 1. The number of pyridine rings is 1. The molecule has 5 rings (SSSR count). The Balaban J connectivity index is 1.53. The summed E-state index contributed by atoms with van der Waals surface area (Å²) in [7, 11) is 0. The van der Waals surface area contributed by atoms with Crippen molar-refractivity contribution in [3.05, 3.63) is 34.8 Å². The average molecular weight is 427 g/mol. The fraction of sp³-hybridized carbons (Fsp3) is 0.500. The molecule has 3 aromatic rings. The number of rotatable bonds is 3. The van der Waals surface area contributed by atoms with Crippen LogP contribution < -0.4 is 0 Å². The number of likely N-dealkylation sites (tertiary alicyclic amines) is 1. The van der Waals surface area contributed by atoms with Crippen LogP contribution in [0.2, 0.25) is 0 Å². The van der Waals surface area contributed by atoms with Gasteiger partial charge in [-0.05, 0) is 39.0 Å². The van der Waals surface area contributed by atoms with E-state index in [1.54, 1.807) is 17.5 Å². The lowest BCUT2D eigenvalue weighted by Gasteiger charge is -2.37. The molecule has 2 saturated heterocycles. The number of piperidine rings is 1. The first-order chi connectivity index (χ1) is 14.5. The molecule has 7 nitrogen and oxygen atoms in total. The Morgan fingerprint density at radius 1 is 1.20 bits per heavy atom. The molecule has 30 heavy (non-hydrogen) atoms. The van der Waals surface area contributed by atoms with Gasteiger partial charge in [0.05, 0.1) is 40.9 Å². The zero-order valence-corrected chi connectivity index (χ0v) is 18.4.